The molecule has 1 aromatic heterocycles. The maximum Gasteiger partial charge on any atom is 0.287 e. The molecule has 1 aliphatic rings. The van der Waals surface area contributed by atoms with Crippen LogP contribution in [-0.2, 0) is 6.61 Å². The molecule has 1 amide bonds. The normalized spacial score (nSPS) is 15.1. The quantitative estimate of drug-likeness (QED) is 0.719. The highest BCUT2D eigenvalue weighted by Crippen LogP contribution is 2.33. The highest BCUT2D eigenvalue weighted by molar-refractivity contribution is 5.99. The second-order valence-corrected chi connectivity index (χ2v) is 6.61. The number of para-hydroxylation sites is 2. The predicted octanol–water partition coefficient (Wildman–Crippen LogP) is 4.54. The lowest BCUT2D eigenvalue weighted by Crippen LogP contribution is -2.34. The minimum Gasteiger partial charge on any atom is -0.489 e. The highest BCUT2D eigenvalue weighted by Gasteiger charge is 2.30. The van der Waals surface area contributed by atoms with Crippen LogP contribution in [0.25, 0.3) is 11.0 Å². The molecule has 25 heavy (non-hydrogen) atoms. The van der Waals surface area contributed by atoms with E-state index in [0.717, 1.165) is 16.7 Å². The van der Waals surface area contributed by atoms with Gasteiger partial charge < -0.3 is 14.5 Å². The Bertz CT molecular complexity index is 881. The van der Waals surface area contributed by atoms with Crippen molar-refractivity contribution in [2.45, 2.75) is 32.4 Å². The molecule has 4 heteroatoms. The van der Waals surface area contributed by atoms with Gasteiger partial charge in [-0.25, -0.2) is 0 Å². The Hall–Kier alpha value is -2.75. The number of rotatable bonds is 6. The molecule has 128 valence electrons. The second kappa shape index (κ2) is 6.63. The molecule has 0 spiro atoms. The molecule has 0 radical (unpaired) electrons. The molecule has 3 aromatic rings. The van der Waals surface area contributed by atoms with E-state index in [9.17, 15) is 4.79 Å². The number of ether oxygens (including phenoxy) is 1. The van der Waals surface area contributed by atoms with Gasteiger partial charge in [0, 0.05) is 17.0 Å². The van der Waals surface area contributed by atoms with Gasteiger partial charge in [-0.1, -0.05) is 36.4 Å². The number of benzene rings is 2. The Kier molecular flexibility index (Phi) is 4.18. The van der Waals surface area contributed by atoms with Crippen LogP contribution in [0.5, 0.6) is 5.75 Å². The van der Waals surface area contributed by atoms with Crippen LogP contribution in [0.3, 0.4) is 0 Å². The molecular formula is C21H21NO3. The van der Waals surface area contributed by atoms with E-state index >= 15 is 0 Å². The number of carbonyl (C=O) groups excluding carboxylic acids is 1. The van der Waals surface area contributed by atoms with Crippen molar-refractivity contribution in [3.05, 3.63) is 65.9 Å². The fourth-order valence-electron chi connectivity index (χ4n) is 3.08. The molecule has 1 fully saturated rings. The van der Waals surface area contributed by atoms with Crippen LogP contribution in [0, 0.1) is 5.92 Å². The van der Waals surface area contributed by atoms with Gasteiger partial charge in [0.05, 0.1) is 0 Å². The van der Waals surface area contributed by atoms with Crippen LogP contribution in [0.2, 0.25) is 0 Å². The Morgan fingerprint density at radius 1 is 1.16 bits per heavy atom. The van der Waals surface area contributed by atoms with Gasteiger partial charge in [-0.15, -0.1) is 0 Å². The molecule has 1 N–H and O–H groups in total. The monoisotopic (exact) mass is 335 g/mol. The molecule has 4 nitrogen and oxygen atoms in total. The first-order valence-electron chi connectivity index (χ1n) is 8.71. The molecule has 0 aliphatic heterocycles. The standard InChI is InChI=1S/C21H21NO3/c1-14(15-11-12-15)22-21(23)20-18(13-24-16-7-3-2-4-8-16)17-9-5-6-10-19(17)25-20/h2-10,14-15H,11-13H2,1H3,(H,22,23)/t14-/m0/s1. The van der Waals surface area contributed by atoms with Crippen LogP contribution in [-0.4, -0.2) is 11.9 Å². The van der Waals surface area contributed by atoms with Crippen molar-refractivity contribution in [1.29, 1.82) is 0 Å². The number of furan rings is 1. The number of hydrogen-bond donors (Lipinski definition) is 1. The van der Waals surface area contributed by atoms with Gasteiger partial charge in [-0.05, 0) is 43.9 Å². The summed E-state index contributed by atoms with van der Waals surface area (Å²) in [6, 6.07) is 17.4. The Balaban J connectivity index is 1.61. The topological polar surface area (TPSA) is 51.5 Å². The molecule has 1 aliphatic carbocycles. The first kappa shape index (κ1) is 15.8. The van der Waals surface area contributed by atoms with Crippen LogP contribution >= 0.6 is 0 Å². The maximum atomic E-state index is 12.7. The average molecular weight is 335 g/mol. The van der Waals surface area contributed by atoms with Crippen LogP contribution < -0.4 is 10.1 Å². The summed E-state index contributed by atoms with van der Waals surface area (Å²) in [5.74, 6) is 1.55. The maximum absolute atomic E-state index is 12.7. The van der Waals surface area contributed by atoms with Crippen LogP contribution in [0.4, 0.5) is 0 Å². The lowest BCUT2D eigenvalue weighted by Gasteiger charge is -2.12. The predicted molar refractivity (Wildman–Crippen MR) is 96.6 cm³/mol. The molecule has 2 aromatic carbocycles. The molecule has 1 saturated carbocycles. The molecule has 0 unspecified atom stereocenters. The summed E-state index contributed by atoms with van der Waals surface area (Å²) in [5, 5.41) is 3.99. The summed E-state index contributed by atoms with van der Waals surface area (Å²) in [6.45, 7) is 2.35. The SMILES string of the molecule is C[C@H](NC(=O)c1oc2ccccc2c1COc1ccccc1)C1CC1. The first-order valence-corrected chi connectivity index (χ1v) is 8.71. The summed E-state index contributed by atoms with van der Waals surface area (Å²) in [5.41, 5.74) is 1.50. The fourth-order valence-corrected chi connectivity index (χ4v) is 3.08. The minimum atomic E-state index is -0.165. The summed E-state index contributed by atoms with van der Waals surface area (Å²) >= 11 is 0. The zero-order chi connectivity index (χ0) is 17.2. The van der Waals surface area contributed by atoms with Crippen molar-refractivity contribution in [1.82, 2.24) is 5.32 Å². The van der Waals surface area contributed by atoms with Gasteiger partial charge in [0.15, 0.2) is 5.76 Å². The number of hydrogen-bond acceptors (Lipinski definition) is 3. The summed E-state index contributed by atoms with van der Waals surface area (Å²) in [7, 11) is 0. The van der Waals surface area contributed by atoms with Gasteiger partial charge in [0.25, 0.3) is 5.91 Å². The van der Waals surface area contributed by atoms with Gasteiger partial charge in [0.1, 0.15) is 17.9 Å². The fraction of sp³-hybridized carbons (Fsp3) is 0.286. The molecular weight excluding hydrogens is 314 g/mol. The third-order valence-electron chi connectivity index (χ3n) is 4.72. The average Bonchev–Trinajstić information content (AvgIpc) is 3.42. The van der Waals surface area contributed by atoms with E-state index < -0.39 is 0 Å². The number of fused-ring (bicyclic) bond motifs is 1. The number of amides is 1. The summed E-state index contributed by atoms with van der Waals surface area (Å²) < 4.78 is 11.7. The zero-order valence-corrected chi connectivity index (χ0v) is 14.2. The first-order chi connectivity index (χ1) is 12.2. The van der Waals surface area contributed by atoms with E-state index in [4.69, 9.17) is 9.15 Å². The summed E-state index contributed by atoms with van der Waals surface area (Å²) in [4.78, 5) is 12.7. The smallest absolute Gasteiger partial charge is 0.287 e. The van der Waals surface area contributed by atoms with E-state index in [1.807, 2.05) is 54.6 Å². The largest absolute Gasteiger partial charge is 0.489 e. The van der Waals surface area contributed by atoms with Gasteiger partial charge in [0.2, 0.25) is 0 Å². The Labute approximate surface area is 146 Å². The van der Waals surface area contributed by atoms with Crippen LogP contribution in [0.1, 0.15) is 35.9 Å². The third kappa shape index (κ3) is 3.38. The van der Waals surface area contributed by atoms with Crippen molar-refractivity contribution in [2.24, 2.45) is 5.92 Å². The van der Waals surface area contributed by atoms with Crippen LogP contribution in [0.15, 0.2) is 59.0 Å². The van der Waals surface area contributed by atoms with Crippen molar-refractivity contribution in [3.63, 3.8) is 0 Å². The molecule has 4 rings (SSSR count). The zero-order valence-electron chi connectivity index (χ0n) is 14.2. The Morgan fingerprint density at radius 3 is 2.64 bits per heavy atom. The van der Waals surface area contributed by atoms with Crippen molar-refractivity contribution >= 4 is 16.9 Å². The van der Waals surface area contributed by atoms with Gasteiger partial charge >= 0.3 is 0 Å². The van der Waals surface area contributed by atoms with E-state index in [1.54, 1.807) is 0 Å². The van der Waals surface area contributed by atoms with Gasteiger partial charge in [-0.2, -0.15) is 0 Å². The number of carbonyl (C=O) groups is 1. The second-order valence-electron chi connectivity index (χ2n) is 6.61. The lowest BCUT2D eigenvalue weighted by molar-refractivity contribution is 0.0906. The van der Waals surface area contributed by atoms with E-state index in [0.29, 0.717) is 23.9 Å². The molecule has 0 bridgehead atoms. The highest BCUT2D eigenvalue weighted by atomic mass is 16.5. The lowest BCUT2D eigenvalue weighted by atomic mass is 10.1. The van der Waals surface area contributed by atoms with Gasteiger partial charge in [-0.3, -0.25) is 4.79 Å². The third-order valence-corrected chi connectivity index (χ3v) is 4.72. The van der Waals surface area contributed by atoms with Crippen molar-refractivity contribution in [3.8, 4) is 5.75 Å². The van der Waals surface area contributed by atoms with Crippen molar-refractivity contribution < 1.29 is 13.9 Å². The van der Waals surface area contributed by atoms with Crippen molar-refractivity contribution in [2.75, 3.05) is 0 Å². The van der Waals surface area contributed by atoms with E-state index in [1.165, 1.54) is 12.8 Å². The summed E-state index contributed by atoms with van der Waals surface area (Å²) in [6.07, 6.45) is 2.37. The molecule has 0 saturated heterocycles. The molecule has 1 atom stereocenters. The molecule has 1 heterocycles. The van der Waals surface area contributed by atoms with E-state index in [-0.39, 0.29) is 11.9 Å². The Morgan fingerprint density at radius 2 is 1.88 bits per heavy atom. The van der Waals surface area contributed by atoms with E-state index in [2.05, 4.69) is 12.2 Å². The minimum absolute atomic E-state index is 0.165. The number of nitrogens with one attached hydrogen (secondary N) is 1.